The van der Waals surface area contributed by atoms with Crippen molar-refractivity contribution >= 4 is 27.3 Å². The van der Waals surface area contributed by atoms with Gasteiger partial charge < -0.3 is 5.73 Å². The summed E-state index contributed by atoms with van der Waals surface area (Å²) in [6, 6.07) is 4.11. The average Bonchev–Trinajstić information content (AvgIpc) is 2.65. The van der Waals surface area contributed by atoms with Gasteiger partial charge in [0.15, 0.2) is 0 Å². The van der Waals surface area contributed by atoms with Crippen LogP contribution in [0.1, 0.15) is 5.56 Å². The maximum atomic E-state index is 5.56. The zero-order valence-electron chi connectivity index (χ0n) is 7.40. The number of rotatable bonds is 2. The van der Waals surface area contributed by atoms with Crippen LogP contribution in [0, 0.1) is 0 Å². The summed E-state index contributed by atoms with van der Waals surface area (Å²) in [4.78, 5) is 5.36. The Balaban J connectivity index is 2.47. The summed E-state index contributed by atoms with van der Waals surface area (Å²) in [5.41, 5.74) is 7.74. The Morgan fingerprint density at radius 1 is 1.43 bits per heavy atom. The largest absolute Gasteiger partial charge is 0.326 e. The normalized spacial score (nSPS) is 10.4. The maximum absolute atomic E-state index is 5.56. The van der Waals surface area contributed by atoms with Crippen molar-refractivity contribution in [1.82, 2.24) is 4.98 Å². The Morgan fingerprint density at radius 3 is 2.93 bits per heavy atom. The molecule has 0 aromatic carbocycles. The third-order valence-electron chi connectivity index (χ3n) is 1.91. The number of aromatic nitrogens is 1. The molecule has 2 aromatic rings. The van der Waals surface area contributed by atoms with Crippen molar-refractivity contribution in [1.29, 1.82) is 0 Å². The number of thiophene rings is 1. The van der Waals surface area contributed by atoms with Gasteiger partial charge in [-0.25, -0.2) is 0 Å². The maximum Gasteiger partial charge on any atom is 0.0500 e. The molecule has 0 saturated heterocycles. The summed E-state index contributed by atoms with van der Waals surface area (Å²) in [7, 11) is 0. The number of pyridine rings is 1. The van der Waals surface area contributed by atoms with Crippen LogP contribution in [0.2, 0.25) is 0 Å². The second-order valence-electron chi connectivity index (χ2n) is 2.88. The zero-order chi connectivity index (χ0) is 9.97. The van der Waals surface area contributed by atoms with E-state index in [4.69, 9.17) is 5.73 Å². The van der Waals surface area contributed by atoms with Crippen molar-refractivity contribution in [2.75, 3.05) is 0 Å². The van der Waals surface area contributed by atoms with Crippen LogP contribution in [0.4, 0.5) is 0 Å². The van der Waals surface area contributed by atoms with Crippen molar-refractivity contribution in [3.63, 3.8) is 0 Å². The third kappa shape index (κ3) is 1.87. The van der Waals surface area contributed by atoms with Crippen LogP contribution in [0.5, 0.6) is 0 Å². The minimum Gasteiger partial charge on any atom is -0.326 e. The van der Waals surface area contributed by atoms with Crippen LogP contribution in [-0.4, -0.2) is 4.98 Å². The first-order chi connectivity index (χ1) is 6.81. The highest BCUT2D eigenvalue weighted by Gasteiger charge is 2.04. The molecule has 0 atom stereocenters. The Morgan fingerprint density at radius 2 is 2.29 bits per heavy atom. The molecule has 0 fully saturated rings. The van der Waals surface area contributed by atoms with Crippen molar-refractivity contribution in [3.8, 4) is 10.4 Å². The fraction of sp³-hybridized carbons (Fsp3) is 0.100. The first kappa shape index (κ1) is 9.83. The average molecular weight is 269 g/mol. The molecule has 0 spiro atoms. The molecule has 0 saturated carbocycles. The molecule has 2 rings (SSSR count). The van der Waals surface area contributed by atoms with Crippen LogP contribution >= 0.6 is 27.3 Å². The van der Waals surface area contributed by atoms with Gasteiger partial charge in [-0.3, -0.25) is 4.98 Å². The van der Waals surface area contributed by atoms with E-state index in [0.717, 1.165) is 15.6 Å². The fourth-order valence-electron chi connectivity index (χ4n) is 1.22. The van der Waals surface area contributed by atoms with Crippen molar-refractivity contribution < 1.29 is 0 Å². The summed E-state index contributed by atoms with van der Waals surface area (Å²) in [5, 5.41) is 2.05. The lowest BCUT2D eigenvalue weighted by atomic mass is 10.2. The lowest BCUT2D eigenvalue weighted by molar-refractivity contribution is 1.05. The number of hydrogen-bond donors (Lipinski definition) is 1. The topological polar surface area (TPSA) is 38.9 Å². The Kier molecular flexibility index (Phi) is 2.96. The van der Waals surface area contributed by atoms with Gasteiger partial charge >= 0.3 is 0 Å². The molecular formula is C10H9BrN2S. The van der Waals surface area contributed by atoms with Crippen LogP contribution in [0.15, 0.2) is 34.4 Å². The standard InChI is InChI=1S/C10H9BrN2S/c11-9-1-2-14-10(9)8-3-7(4-12)5-13-6-8/h1-3,5-6H,4,12H2. The molecule has 2 heterocycles. The second-order valence-corrected chi connectivity index (χ2v) is 4.65. The minimum atomic E-state index is 0.532. The predicted molar refractivity (Wildman–Crippen MR) is 63.1 cm³/mol. The lowest BCUT2D eigenvalue weighted by Gasteiger charge is -2.00. The van der Waals surface area contributed by atoms with Gasteiger partial charge in [0.25, 0.3) is 0 Å². The number of nitrogens with two attached hydrogens (primary N) is 1. The second kappa shape index (κ2) is 4.21. The smallest absolute Gasteiger partial charge is 0.0500 e. The first-order valence-corrected chi connectivity index (χ1v) is 5.86. The Labute approximate surface area is 94.9 Å². The monoisotopic (exact) mass is 268 g/mol. The van der Waals surface area contributed by atoms with E-state index in [9.17, 15) is 0 Å². The van der Waals surface area contributed by atoms with E-state index in [2.05, 4.69) is 32.4 Å². The summed E-state index contributed by atoms with van der Waals surface area (Å²) in [6.45, 7) is 0.532. The van der Waals surface area contributed by atoms with Crippen LogP contribution in [0.25, 0.3) is 10.4 Å². The minimum absolute atomic E-state index is 0.532. The molecule has 0 aliphatic heterocycles. The molecule has 72 valence electrons. The van der Waals surface area contributed by atoms with Crippen molar-refractivity contribution in [3.05, 3.63) is 39.9 Å². The van der Waals surface area contributed by atoms with Gasteiger partial charge in [-0.1, -0.05) is 0 Å². The number of hydrogen-bond acceptors (Lipinski definition) is 3. The molecule has 0 amide bonds. The van der Waals surface area contributed by atoms with Crippen molar-refractivity contribution in [2.45, 2.75) is 6.54 Å². The van der Waals surface area contributed by atoms with Gasteiger partial charge in [-0.15, -0.1) is 11.3 Å². The molecule has 0 aliphatic rings. The molecule has 14 heavy (non-hydrogen) atoms. The fourth-order valence-corrected chi connectivity index (χ4v) is 2.81. The number of nitrogens with zero attached hydrogens (tertiary/aromatic N) is 1. The highest BCUT2D eigenvalue weighted by Crippen LogP contribution is 2.33. The molecule has 0 radical (unpaired) electrons. The van der Waals surface area contributed by atoms with Gasteiger partial charge in [-0.2, -0.15) is 0 Å². The van der Waals surface area contributed by atoms with E-state index in [0.29, 0.717) is 6.54 Å². The molecule has 4 heteroatoms. The van der Waals surface area contributed by atoms with Crippen LogP contribution < -0.4 is 5.73 Å². The highest BCUT2D eigenvalue weighted by atomic mass is 79.9. The Bertz CT molecular complexity index is 439. The molecule has 2 aromatic heterocycles. The van der Waals surface area contributed by atoms with Crippen molar-refractivity contribution in [2.24, 2.45) is 5.73 Å². The molecule has 2 nitrogen and oxygen atoms in total. The van der Waals surface area contributed by atoms with Gasteiger partial charge in [0.1, 0.15) is 0 Å². The van der Waals surface area contributed by atoms with Gasteiger partial charge in [0.05, 0.1) is 0 Å². The van der Waals surface area contributed by atoms with E-state index in [1.54, 1.807) is 17.5 Å². The van der Waals surface area contributed by atoms with Crippen LogP contribution in [-0.2, 0) is 6.54 Å². The molecular weight excluding hydrogens is 260 g/mol. The highest BCUT2D eigenvalue weighted by molar-refractivity contribution is 9.10. The van der Waals surface area contributed by atoms with Crippen LogP contribution in [0.3, 0.4) is 0 Å². The number of halogens is 1. The van der Waals surface area contributed by atoms with Gasteiger partial charge in [0.2, 0.25) is 0 Å². The predicted octanol–water partition coefficient (Wildman–Crippen LogP) is 3.03. The molecule has 2 N–H and O–H groups in total. The molecule has 0 bridgehead atoms. The lowest BCUT2D eigenvalue weighted by Crippen LogP contribution is -1.96. The van der Waals surface area contributed by atoms with Gasteiger partial charge in [0, 0.05) is 33.9 Å². The Hall–Kier alpha value is -0.710. The third-order valence-corrected chi connectivity index (χ3v) is 3.80. The summed E-state index contributed by atoms with van der Waals surface area (Å²) in [6.07, 6.45) is 3.65. The zero-order valence-corrected chi connectivity index (χ0v) is 9.81. The van der Waals surface area contributed by atoms with E-state index in [-0.39, 0.29) is 0 Å². The van der Waals surface area contributed by atoms with E-state index in [1.165, 1.54) is 4.88 Å². The first-order valence-electron chi connectivity index (χ1n) is 4.18. The summed E-state index contributed by atoms with van der Waals surface area (Å²) < 4.78 is 1.11. The molecule has 0 unspecified atom stereocenters. The van der Waals surface area contributed by atoms with E-state index >= 15 is 0 Å². The quantitative estimate of drug-likeness (QED) is 0.910. The van der Waals surface area contributed by atoms with E-state index < -0.39 is 0 Å². The summed E-state index contributed by atoms with van der Waals surface area (Å²) >= 11 is 5.19. The SMILES string of the molecule is NCc1cncc(-c2sccc2Br)c1. The summed E-state index contributed by atoms with van der Waals surface area (Å²) in [5.74, 6) is 0. The molecule has 0 aliphatic carbocycles. The van der Waals surface area contributed by atoms with E-state index in [1.807, 2.05) is 12.3 Å². The van der Waals surface area contributed by atoms with Gasteiger partial charge in [-0.05, 0) is 39.0 Å².